The maximum Gasteiger partial charge on any atom is 0.240 e. The van der Waals surface area contributed by atoms with Crippen LogP contribution in [0.4, 0.5) is 0 Å². The van der Waals surface area contributed by atoms with Crippen LogP contribution in [0.1, 0.15) is 0 Å². The molecule has 64 heavy (non-hydrogen) atoms. The van der Waals surface area contributed by atoms with Crippen molar-refractivity contribution in [1.82, 2.24) is 24.1 Å². The lowest BCUT2D eigenvalue weighted by molar-refractivity contribution is 0.892. The van der Waals surface area contributed by atoms with Crippen LogP contribution in [0.2, 0.25) is 0 Å². The SMILES string of the molecule is c1ccc(S(c2ccccc2)(c2cccc(-c3nc(-n4c5ccccc5c5ccccc54)nc(-n4c5ccccc5c5ccccc54)n3)c2)c2cccc3c2sc2ccccc23)cc1. The second-order valence-electron chi connectivity index (χ2n) is 16.0. The number of hydrogen-bond acceptors (Lipinski definition) is 4. The molecule has 4 aromatic heterocycles. The number of thiophene rings is 1. The minimum atomic E-state index is -2.11. The molecular formula is C57H37N5S2. The van der Waals surface area contributed by atoms with E-state index in [2.05, 4.69) is 234 Å². The standard InChI is InChI=1S/C57H37N5S2/c1-3-20-39(21-4-1)64(40-22-5-2-6-23-40,53-36-18-30-47-46-29-11-16-35-52(46)63-54(47)53)41-24-17-19-38(37-41)55-58-56(61-48-31-12-7-25-42(48)43-26-8-13-32-49(43)61)60-57(59-55)62-50-33-14-9-27-44(50)45-28-10-15-34-51(45)62/h1-37H. The van der Waals surface area contributed by atoms with Gasteiger partial charge < -0.3 is 0 Å². The van der Waals surface area contributed by atoms with Gasteiger partial charge in [0.2, 0.25) is 11.9 Å². The number of hydrogen-bond donors (Lipinski definition) is 0. The number of aromatic nitrogens is 5. The molecule has 0 aliphatic carbocycles. The van der Waals surface area contributed by atoms with E-state index in [0.717, 1.165) is 49.2 Å². The maximum absolute atomic E-state index is 5.48. The van der Waals surface area contributed by atoms with Crippen LogP contribution in [-0.2, 0) is 0 Å². The zero-order valence-corrected chi connectivity index (χ0v) is 36.0. The Balaban J connectivity index is 1.13. The van der Waals surface area contributed by atoms with Crippen LogP contribution in [0.25, 0.3) is 87.1 Å². The van der Waals surface area contributed by atoms with E-state index >= 15 is 0 Å². The number of benzene rings is 9. The summed E-state index contributed by atoms with van der Waals surface area (Å²) in [5, 5.41) is 7.16. The van der Waals surface area contributed by atoms with E-state index in [1.165, 1.54) is 39.8 Å². The average Bonchev–Trinajstić information content (AvgIpc) is 4.03. The molecule has 0 atom stereocenters. The second-order valence-corrected chi connectivity index (χ2v) is 20.1. The molecule has 0 saturated carbocycles. The highest BCUT2D eigenvalue weighted by atomic mass is 32.3. The van der Waals surface area contributed by atoms with Crippen molar-refractivity contribution >= 4 is 85.1 Å². The zero-order valence-electron chi connectivity index (χ0n) is 34.4. The van der Waals surface area contributed by atoms with Crippen molar-refractivity contribution < 1.29 is 0 Å². The fourth-order valence-corrected chi connectivity index (χ4v) is 15.4. The summed E-state index contributed by atoms with van der Waals surface area (Å²) in [7, 11) is -2.11. The molecule has 0 N–H and O–H groups in total. The van der Waals surface area contributed by atoms with Gasteiger partial charge in [-0.3, -0.25) is 9.13 Å². The van der Waals surface area contributed by atoms with Crippen LogP contribution in [0.5, 0.6) is 0 Å². The summed E-state index contributed by atoms with van der Waals surface area (Å²) >= 11 is 1.89. The van der Waals surface area contributed by atoms with Gasteiger partial charge >= 0.3 is 0 Å². The number of nitrogens with zero attached hydrogens (tertiary/aromatic N) is 5. The van der Waals surface area contributed by atoms with E-state index < -0.39 is 10.0 Å². The van der Waals surface area contributed by atoms with Gasteiger partial charge in [0.15, 0.2) is 5.82 Å². The highest BCUT2D eigenvalue weighted by molar-refractivity contribution is 8.34. The molecule has 0 spiro atoms. The van der Waals surface area contributed by atoms with E-state index in [0.29, 0.717) is 17.7 Å². The Kier molecular flexibility index (Phi) is 8.41. The van der Waals surface area contributed by atoms with Crippen molar-refractivity contribution in [3.63, 3.8) is 0 Å². The first kappa shape index (κ1) is 36.8. The van der Waals surface area contributed by atoms with Gasteiger partial charge in [-0.05, 0) is 72.8 Å². The molecule has 13 aromatic rings. The highest BCUT2D eigenvalue weighted by Gasteiger charge is 2.36. The van der Waals surface area contributed by atoms with Crippen molar-refractivity contribution in [3.05, 3.63) is 224 Å². The highest BCUT2D eigenvalue weighted by Crippen LogP contribution is 2.75. The monoisotopic (exact) mass is 855 g/mol. The van der Waals surface area contributed by atoms with Crippen molar-refractivity contribution in [1.29, 1.82) is 0 Å². The van der Waals surface area contributed by atoms with E-state index in [1.807, 2.05) is 11.3 Å². The first-order chi connectivity index (χ1) is 31.8. The largest absolute Gasteiger partial charge is 0.278 e. The molecule has 4 heterocycles. The molecule has 9 aromatic carbocycles. The summed E-state index contributed by atoms with van der Waals surface area (Å²) in [6, 6.07) is 81.0. The third kappa shape index (κ3) is 5.48. The fraction of sp³-hybridized carbons (Fsp3) is 0. The second kappa shape index (κ2) is 14.6. The molecule has 0 aliphatic rings. The van der Waals surface area contributed by atoms with Crippen molar-refractivity contribution in [3.8, 4) is 23.3 Å². The summed E-state index contributed by atoms with van der Waals surface area (Å²) in [5.41, 5.74) is 5.06. The average molecular weight is 856 g/mol. The van der Waals surface area contributed by atoms with Crippen molar-refractivity contribution in [2.45, 2.75) is 19.6 Å². The van der Waals surface area contributed by atoms with Crippen LogP contribution in [0.3, 0.4) is 0 Å². The topological polar surface area (TPSA) is 48.5 Å². The van der Waals surface area contributed by atoms with E-state index in [1.54, 1.807) is 0 Å². The molecule has 7 heteroatoms. The number of para-hydroxylation sites is 4. The minimum Gasteiger partial charge on any atom is -0.278 e. The van der Waals surface area contributed by atoms with Gasteiger partial charge in [0.1, 0.15) is 0 Å². The van der Waals surface area contributed by atoms with Gasteiger partial charge in [-0.25, -0.2) is 0 Å². The van der Waals surface area contributed by atoms with E-state index in [-0.39, 0.29) is 0 Å². The predicted molar refractivity (Wildman–Crippen MR) is 267 cm³/mol. The third-order valence-electron chi connectivity index (χ3n) is 12.5. The molecule has 0 saturated heterocycles. The van der Waals surface area contributed by atoms with Crippen LogP contribution in [0, 0.1) is 0 Å². The van der Waals surface area contributed by atoms with Crippen LogP contribution < -0.4 is 0 Å². The van der Waals surface area contributed by atoms with Gasteiger partial charge in [-0.1, -0.05) is 152 Å². The lowest BCUT2D eigenvalue weighted by Crippen LogP contribution is -2.10. The molecule has 0 radical (unpaired) electrons. The van der Waals surface area contributed by atoms with Crippen LogP contribution >= 0.6 is 21.4 Å². The summed E-state index contributed by atoms with van der Waals surface area (Å²) < 4.78 is 6.98. The Morgan fingerprint density at radius 3 is 1.30 bits per heavy atom. The van der Waals surface area contributed by atoms with Crippen molar-refractivity contribution in [2.75, 3.05) is 0 Å². The lowest BCUT2D eigenvalue weighted by atomic mass is 10.1. The van der Waals surface area contributed by atoms with E-state index in [4.69, 9.17) is 15.0 Å². The summed E-state index contributed by atoms with van der Waals surface area (Å²) in [5.74, 6) is 1.72. The first-order valence-electron chi connectivity index (χ1n) is 21.4. The van der Waals surface area contributed by atoms with Crippen LogP contribution in [0.15, 0.2) is 244 Å². The van der Waals surface area contributed by atoms with Gasteiger partial charge in [0, 0.05) is 66.9 Å². The minimum absolute atomic E-state index is 0.560. The molecule has 0 fully saturated rings. The van der Waals surface area contributed by atoms with Crippen molar-refractivity contribution in [2.24, 2.45) is 0 Å². The fourth-order valence-electron chi connectivity index (χ4n) is 9.79. The quantitative estimate of drug-likeness (QED) is 0.160. The summed E-state index contributed by atoms with van der Waals surface area (Å²) in [6.07, 6.45) is 0. The molecule has 0 aliphatic heterocycles. The van der Waals surface area contributed by atoms with Gasteiger partial charge in [-0.15, -0.1) is 21.4 Å². The Morgan fingerprint density at radius 1 is 0.344 bits per heavy atom. The summed E-state index contributed by atoms with van der Waals surface area (Å²) in [6.45, 7) is 0. The lowest BCUT2D eigenvalue weighted by Gasteiger charge is -2.42. The van der Waals surface area contributed by atoms with Gasteiger partial charge in [0.05, 0.1) is 22.1 Å². The first-order valence-corrected chi connectivity index (χ1v) is 23.9. The maximum atomic E-state index is 5.48. The molecule has 13 rings (SSSR count). The molecule has 0 unspecified atom stereocenters. The molecule has 302 valence electrons. The van der Waals surface area contributed by atoms with Gasteiger partial charge in [0.25, 0.3) is 0 Å². The molecule has 5 nitrogen and oxygen atoms in total. The third-order valence-corrected chi connectivity index (χ3v) is 17.8. The smallest absolute Gasteiger partial charge is 0.240 e. The predicted octanol–water partition coefficient (Wildman–Crippen LogP) is 15.4. The summed E-state index contributed by atoms with van der Waals surface area (Å²) in [4.78, 5) is 21.4. The number of fused-ring (bicyclic) bond motifs is 9. The zero-order chi connectivity index (χ0) is 42.2. The number of rotatable bonds is 7. The van der Waals surface area contributed by atoms with Crippen LogP contribution in [-0.4, -0.2) is 24.1 Å². The Morgan fingerprint density at radius 2 is 0.766 bits per heavy atom. The molecular weight excluding hydrogens is 819 g/mol. The normalized spacial score (nSPS) is 12.3. The molecule has 0 bridgehead atoms. The van der Waals surface area contributed by atoms with E-state index in [9.17, 15) is 0 Å². The molecule has 0 amide bonds. The Labute approximate surface area is 374 Å². The Bertz CT molecular complexity index is 3650. The van der Waals surface area contributed by atoms with Gasteiger partial charge in [-0.2, -0.15) is 15.0 Å². The Hall–Kier alpha value is -7.84.